The Kier molecular flexibility index (Phi) is 3.32. The van der Waals surface area contributed by atoms with Crippen molar-refractivity contribution in [2.45, 2.75) is 38.6 Å². The lowest BCUT2D eigenvalue weighted by Crippen LogP contribution is -2.41. The molecule has 1 aliphatic carbocycles. The van der Waals surface area contributed by atoms with Gasteiger partial charge in [0.05, 0.1) is 0 Å². The summed E-state index contributed by atoms with van der Waals surface area (Å²) in [5.41, 5.74) is 0.641. The topological polar surface area (TPSA) is 47.6 Å². The van der Waals surface area contributed by atoms with Crippen molar-refractivity contribution >= 4 is 5.91 Å². The van der Waals surface area contributed by atoms with Gasteiger partial charge in [-0.25, -0.2) is 0 Å². The maximum Gasteiger partial charge on any atom is 0.251 e. The maximum atomic E-state index is 12.3. The summed E-state index contributed by atoms with van der Waals surface area (Å²) in [6.07, 6.45) is 4.76. The van der Waals surface area contributed by atoms with Crippen molar-refractivity contribution in [1.29, 1.82) is 0 Å². The number of fused-ring (bicyclic) bond motifs is 1. The lowest BCUT2D eigenvalue weighted by atomic mass is 9.86. The first kappa shape index (κ1) is 12.3. The molecule has 4 nitrogen and oxygen atoms in total. The molecule has 0 saturated heterocycles. The molecule has 0 radical (unpaired) electrons. The third-order valence-electron chi connectivity index (χ3n) is 4.06. The number of nitrogens with one attached hydrogen (secondary N) is 1. The zero-order valence-corrected chi connectivity index (χ0v) is 11.1. The summed E-state index contributed by atoms with van der Waals surface area (Å²) in [7, 11) is 0. The van der Waals surface area contributed by atoms with Gasteiger partial charge in [0.2, 0.25) is 6.79 Å². The van der Waals surface area contributed by atoms with E-state index in [1.54, 1.807) is 18.2 Å². The number of ether oxygens (including phenoxy) is 2. The van der Waals surface area contributed by atoms with E-state index >= 15 is 0 Å². The molecule has 1 amide bonds. The predicted molar refractivity (Wildman–Crippen MR) is 71.5 cm³/mol. The van der Waals surface area contributed by atoms with Crippen molar-refractivity contribution in [2.75, 3.05) is 6.79 Å². The van der Waals surface area contributed by atoms with Gasteiger partial charge in [-0.3, -0.25) is 4.79 Å². The average Bonchev–Trinajstić information content (AvgIpc) is 2.88. The predicted octanol–water partition coefficient (Wildman–Crippen LogP) is 2.72. The van der Waals surface area contributed by atoms with Crippen LogP contribution >= 0.6 is 0 Å². The Balaban J connectivity index is 1.70. The first-order chi connectivity index (χ1) is 9.24. The number of carbonyl (C=O) groups excluding carboxylic acids is 1. The monoisotopic (exact) mass is 261 g/mol. The van der Waals surface area contributed by atoms with Crippen LogP contribution in [0.1, 0.15) is 43.0 Å². The van der Waals surface area contributed by atoms with E-state index in [9.17, 15) is 4.79 Å². The van der Waals surface area contributed by atoms with Crippen molar-refractivity contribution < 1.29 is 14.3 Å². The minimum Gasteiger partial charge on any atom is -0.454 e. The second kappa shape index (κ2) is 5.11. The van der Waals surface area contributed by atoms with Gasteiger partial charge in [-0.1, -0.05) is 19.8 Å². The largest absolute Gasteiger partial charge is 0.454 e. The van der Waals surface area contributed by atoms with Gasteiger partial charge in [-0.05, 0) is 37.0 Å². The fourth-order valence-electron chi connectivity index (χ4n) is 2.82. The van der Waals surface area contributed by atoms with E-state index in [-0.39, 0.29) is 12.7 Å². The van der Waals surface area contributed by atoms with E-state index in [0.29, 0.717) is 29.0 Å². The summed E-state index contributed by atoms with van der Waals surface area (Å²) in [6, 6.07) is 5.63. The molecule has 1 heterocycles. The molecule has 2 atom stereocenters. The minimum absolute atomic E-state index is 0.0166. The molecule has 0 bridgehead atoms. The number of amides is 1. The van der Waals surface area contributed by atoms with E-state index in [1.807, 2.05) is 0 Å². The highest BCUT2D eigenvalue weighted by atomic mass is 16.7. The molecule has 1 aliphatic heterocycles. The fraction of sp³-hybridized carbons (Fsp3) is 0.533. The molecular formula is C15H19NO3. The van der Waals surface area contributed by atoms with Crippen LogP contribution < -0.4 is 14.8 Å². The summed E-state index contributed by atoms with van der Waals surface area (Å²) in [5, 5.41) is 3.14. The Morgan fingerprint density at radius 3 is 2.84 bits per heavy atom. The molecule has 1 N–H and O–H groups in total. The normalized spacial score (nSPS) is 25.1. The van der Waals surface area contributed by atoms with Gasteiger partial charge in [-0.15, -0.1) is 0 Å². The smallest absolute Gasteiger partial charge is 0.251 e. The van der Waals surface area contributed by atoms with Gasteiger partial charge in [0, 0.05) is 11.6 Å². The number of rotatable bonds is 2. The van der Waals surface area contributed by atoms with E-state index in [1.165, 1.54) is 19.3 Å². The van der Waals surface area contributed by atoms with Crippen LogP contribution in [-0.2, 0) is 0 Å². The Labute approximate surface area is 113 Å². The average molecular weight is 261 g/mol. The van der Waals surface area contributed by atoms with Crippen molar-refractivity contribution in [3.63, 3.8) is 0 Å². The molecular weight excluding hydrogens is 242 g/mol. The molecule has 102 valence electrons. The molecule has 0 aromatic heterocycles. The SMILES string of the molecule is C[C@@H]1CCCC[C@@H]1NC(=O)c1ccc2c(c1)OCO2. The van der Waals surface area contributed by atoms with E-state index in [4.69, 9.17) is 9.47 Å². The maximum absolute atomic E-state index is 12.3. The van der Waals surface area contributed by atoms with E-state index in [2.05, 4.69) is 12.2 Å². The molecule has 1 saturated carbocycles. The summed E-state index contributed by atoms with van der Waals surface area (Å²) >= 11 is 0. The highest BCUT2D eigenvalue weighted by molar-refractivity contribution is 5.95. The zero-order chi connectivity index (χ0) is 13.2. The van der Waals surface area contributed by atoms with Crippen LogP contribution in [-0.4, -0.2) is 18.7 Å². The third kappa shape index (κ3) is 2.53. The van der Waals surface area contributed by atoms with Crippen LogP contribution in [0, 0.1) is 5.92 Å². The van der Waals surface area contributed by atoms with Gasteiger partial charge in [0.25, 0.3) is 5.91 Å². The van der Waals surface area contributed by atoms with Gasteiger partial charge in [0.15, 0.2) is 11.5 Å². The molecule has 1 fully saturated rings. The van der Waals surface area contributed by atoms with Crippen molar-refractivity contribution in [2.24, 2.45) is 5.92 Å². The Bertz CT molecular complexity index is 486. The van der Waals surface area contributed by atoms with Crippen LogP contribution in [0.4, 0.5) is 0 Å². The molecule has 0 unspecified atom stereocenters. The summed E-state index contributed by atoms with van der Waals surface area (Å²) in [5.74, 6) is 1.91. The third-order valence-corrected chi connectivity index (χ3v) is 4.06. The van der Waals surface area contributed by atoms with Crippen LogP contribution in [0.5, 0.6) is 11.5 Å². The minimum atomic E-state index is -0.0166. The Morgan fingerprint density at radius 2 is 2.00 bits per heavy atom. The second-order valence-corrected chi connectivity index (χ2v) is 5.41. The van der Waals surface area contributed by atoms with Crippen LogP contribution in [0.25, 0.3) is 0 Å². The first-order valence-electron chi connectivity index (χ1n) is 6.94. The molecule has 19 heavy (non-hydrogen) atoms. The molecule has 3 rings (SSSR count). The van der Waals surface area contributed by atoms with Crippen LogP contribution in [0.2, 0.25) is 0 Å². The zero-order valence-electron chi connectivity index (χ0n) is 11.1. The number of carbonyl (C=O) groups is 1. The first-order valence-corrected chi connectivity index (χ1v) is 6.94. The highest BCUT2D eigenvalue weighted by Gasteiger charge is 2.24. The Morgan fingerprint density at radius 1 is 1.21 bits per heavy atom. The quantitative estimate of drug-likeness (QED) is 0.890. The molecule has 1 aromatic carbocycles. The fourth-order valence-corrected chi connectivity index (χ4v) is 2.82. The van der Waals surface area contributed by atoms with Crippen LogP contribution in [0.15, 0.2) is 18.2 Å². The van der Waals surface area contributed by atoms with Gasteiger partial charge in [-0.2, -0.15) is 0 Å². The van der Waals surface area contributed by atoms with Gasteiger partial charge in [0.1, 0.15) is 0 Å². The second-order valence-electron chi connectivity index (χ2n) is 5.41. The Hall–Kier alpha value is -1.71. The van der Waals surface area contributed by atoms with E-state index in [0.717, 1.165) is 6.42 Å². The summed E-state index contributed by atoms with van der Waals surface area (Å²) in [4.78, 5) is 12.3. The van der Waals surface area contributed by atoms with Gasteiger partial charge < -0.3 is 14.8 Å². The number of hydrogen-bond donors (Lipinski definition) is 1. The lowest BCUT2D eigenvalue weighted by molar-refractivity contribution is 0.0910. The standard InChI is InChI=1S/C15H19NO3/c1-10-4-2-3-5-12(10)16-15(17)11-6-7-13-14(8-11)19-9-18-13/h6-8,10,12H,2-5,9H2,1H3,(H,16,17)/t10-,12+/m1/s1. The van der Waals surface area contributed by atoms with Crippen molar-refractivity contribution in [3.8, 4) is 11.5 Å². The van der Waals surface area contributed by atoms with Gasteiger partial charge >= 0.3 is 0 Å². The number of benzene rings is 1. The number of hydrogen-bond acceptors (Lipinski definition) is 3. The van der Waals surface area contributed by atoms with Crippen molar-refractivity contribution in [1.82, 2.24) is 5.32 Å². The summed E-state index contributed by atoms with van der Waals surface area (Å²) < 4.78 is 10.5. The molecule has 1 aromatic rings. The molecule has 0 spiro atoms. The summed E-state index contributed by atoms with van der Waals surface area (Å²) in [6.45, 7) is 2.45. The lowest BCUT2D eigenvalue weighted by Gasteiger charge is -2.29. The van der Waals surface area contributed by atoms with Crippen LogP contribution in [0.3, 0.4) is 0 Å². The molecule has 2 aliphatic rings. The molecule has 4 heteroatoms. The highest BCUT2D eigenvalue weighted by Crippen LogP contribution is 2.32. The van der Waals surface area contributed by atoms with Crippen molar-refractivity contribution in [3.05, 3.63) is 23.8 Å². The van der Waals surface area contributed by atoms with E-state index < -0.39 is 0 Å².